The number of hydrogen-bond donors (Lipinski definition) is 3. The summed E-state index contributed by atoms with van der Waals surface area (Å²) in [6.45, 7) is 10.1. The highest BCUT2D eigenvalue weighted by Gasteiger charge is 2.34. The first-order valence-corrected chi connectivity index (χ1v) is 9.47. The topological polar surface area (TPSA) is 95.8 Å². The zero-order chi connectivity index (χ0) is 22.0. The summed E-state index contributed by atoms with van der Waals surface area (Å²) in [7, 11) is 0. The molecule has 29 heavy (non-hydrogen) atoms. The molecule has 8 heteroatoms. The van der Waals surface area contributed by atoms with E-state index in [1.54, 1.807) is 24.6 Å². The summed E-state index contributed by atoms with van der Waals surface area (Å²) in [5.41, 5.74) is 8.81. The Hall–Kier alpha value is -2.61. The number of hydrogen-bond acceptors (Lipinski definition) is 6. The standard InChI is InChI=1S/C21H31F2N5O/c1-14(2)10-17(11-28-29-13-21(22,23)15(3)4)16(5)27-12-18-19(25)7-9-26-20(18)6-8-24/h7,9-12,15-16,25,27H,1,6,8,13,24H2,2-5H3/b17-10+,18-12+,25-19?,28-11-. The van der Waals surface area contributed by atoms with Crippen molar-refractivity contribution in [1.82, 2.24) is 5.32 Å². The van der Waals surface area contributed by atoms with Crippen molar-refractivity contribution in [3.05, 3.63) is 47.9 Å². The van der Waals surface area contributed by atoms with E-state index in [1.165, 1.54) is 20.1 Å². The second-order valence-corrected chi connectivity index (χ2v) is 7.20. The van der Waals surface area contributed by atoms with Crippen molar-refractivity contribution in [2.24, 2.45) is 21.8 Å². The van der Waals surface area contributed by atoms with Gasteiger partial charge in [0.15, 0.2) is 6.61 Å². The maximum atomic E-state index is 13.6. The van der Waals surface area contributed by atoms with E-state index in [9.17, 15) is 8.78 Å². The van der Waals surface area contributed by atoms with Crippen molar-refractivity contribution in [3.8, 4) is 0 Å². The maximum absolute atomic E-state index is 13.6. The zero-order valence-corrected chi connectivity index (χ0v) is 17.5. The lowest BCUT2D eigenvalue weighted by atomic mass is 10.0. The van der Waals surface area contributed by atoms with Gasteiger partial charge in [0, 0.05) is 36.4 Å². The first kappa shape index (κ1) is 24.4. The van der Waals surface area contributed by atoms with Crippen LogP contribution in [0.15, 0.2) is 58.0 Å². The van der Waals surface area contributed by atoms with Gasteiger partial charge in [0.05, 0.1) is 17.6 Å². The van der Waals surface area contributed by atoms with Gasteiger partial charge in [-0.15, -0.1) is 0 Å². The van der Waals surface area contributed by atoms with Gasteiger partial charge in [-0.2, -0.15) is 0 Å². The fraction of sp³-hybridized carbons (Fsp3) is 0.476. The molecule has 1 unspecified atom stereocenters. The Labute approximate surface area is 171 Å². The molecule has 0 aromatic rings. The van der Waals surface area contributed by atoms with E-state index in [2.05, 4.69) is 22.0 Å². The molecule has 1 heterocycles. The largest absolute Gasteiger partial charge is 0.389 e. The predicted molar refractivity (Wildman–Crippen MR) is 116 cm³/mol. The van der Waals surface area contributed by atoms with Crippen molar-refractivity contribution in [3.63, 3.8) is 0 Å². The number of oxime groups is 1. The smallest absolute Gasteiger partial charge is 0.286 e. The Morgan fingerprint density at radius 3 is 2.72 bits per heavy atom. The van der Waals surface area contributed by atoms with Crippen molar-refractivity contribution in [1.29, 1.82) is 5.41 Å². The Morgan fingerprint density at radius 1 is 1.45 bits per heavy atom. The van der Waals surface area contributed by atoms with E-state index < -0.39 is 18.4 Å². The number of aliphatic imine (C=N–C) groups is 1. The van der Waals surface area contributed by atoms with Gasteiger partial charge >= 0.3 is 0 Å². The van der Waals surface area contributed by atoms with Crippen LogP contribution < -0.4 is 11.1 Å². The predicted octanol–water partition coefficient (Wildman–Crippen LogP) is 3.98. The molecule has 6 nitrogen and oxygen atoms in total. The Balaban J connectivity index is 2.87. The summed E-state index contributed by atoms with van der Waals surface area (Å²) < 4.78 is 27.2. The molecule has 0 saturated heterocycles. The second-order valence-electron chi connectivity index (χ2n) is 7.20. The van der Waals surface area contributed by atoms with Crippen molar-refractivity contribution in [2.75, 3.05) is 13.2 Å². The van der Waals surface area contributed by atoms with Crippen LogP contribution in [0.2, 0.25) is 0 Å². The van der Waals surface area contributed by atoms with E-state index in [4.69, 9.17) is 16.0 Å². The highest BCUT2D eigenvalue weighted by Crippen LogP contribution is 2.24. The molecule has 1 atom stereocenters. The van der Waals surface area contributed by atoms with Crippen LogP contribution in [0.3, 0.4) is 0 Å². The lowest BCUT2D eigenvalue weighted by Gasteiger charge is -2.19. The second kappa shape index (κ2) is 11.4. The minimum absolute atomic E-state index is 0.241. The van der Waals surface area contributed by atoms with E-state index in [0.717, 1.165) is 11.3 Å². The maximum Gasteiger partial charge on any atom is 0.286 e. The highest BCUT2D eigenvalue weighted by atomic mass is 19.3. The molecule has 0 amide bonds. The molecule has 0 saturated carbocycles. The molecule has 0 radical (unpaired) electrons. The number of nitrogens with one attached hydrogen (secondary N) is 2. The number of nitrogens with two attached hydrogens (primary N) is 1. The molecule has 0 spiro atoms. The van der Waals surface area contributed by atoms with Crippen molar-refractivity contribution in [2.45, 2.75) is 46.1 Å². The lowest BCUT2D eigenvalue weighted by molar-refractivity contribution is -0.107. The van der Waals surface area contributed by atoms with Gasteiger partial charge in [-0.05, 0) is 32.0 Å². The lowest BCUT2D eigenvalue weighted by Crippen LogP contribution is -2.29. The summed E-state index contributed by atoms with van der Waals surface area (Å²) in [5.74, 6) is -3.78. The van der Waals surface area contributed by atoms with Crippen LogP contribution in [0, 0.1) is 11.3 Å². The van der Waals surface area contributed by atoms with E-state index in [-0.39, 0.29) is 6.04 Å². The quantitative estimate of drug-likeness (QED) is 0.275. The van der Waals surface area contributed by atoms with Crippen LogP contribution in [0.4, 0.5) is 8.78 Å². The Morgan fingerprint density at radius 2 is 2.14 bits per heavy atom. The molecule has 4 N–H and O–H groups in total. The van der Waals surface area contributed by atoms with Gasteiger partial charge in [-0.3, -0.25) is 4.99 Å². The molecule has 0 aromatic heterocycles. The number of halogens is 2. The third-order valence-corrected chi connectivity index (χ3v) is 4.22. The van der Waals surface area contributed by atoms with E-state index in [1.807, 2.05) is 13.8 Å². The molecule has 0 aromatic carbocycles. The first-order chi connectivity index (χ1) is 13.6. The van der Waals surface area contributed by atoms with E-state index >= 15 is 0 Å². The van der Waals surface area contributed by atoms with Crippen LogP contribution >= 0.6 is 0 Å². The Bertz CT molecular complexity index is 748. The van der Waals surface area contributed by atoms with Crippen molar-refractivity contribution < 1.29 is 13.6 Å². The van der Waals surface area contributed by atoms with Gasteiger partial charge in [-0.25, -0.2) is 8.78 Å². The van der Waals surface area contributed by atoms with E-state index in [0.29, 0.717) is 29.8 Å². The van der Waals surface area contributed by atoms with Crippen LogP contribution in [-0.4, -0.2) is 42.8 Å². The van der Waals surface area contributed by atoms with Crippen LogP contribution in [0.5, 0.6) is 0 Å². The Kier molecular flexibility index (Phi) is 9.61. The summed E-state index contributed by atoms with van der Waals surface area (Å²) in [6, 6.07) is -0.241. The molecule has 160 valence electrons. The van der Waals surface area contributed by atoms with Gasteiger partial charge in [0.25, 0.3) is 5.92 Å². The van der Waals surface area contributed by atoms with Crippen LogP contribution in [-0.2, 0) is 4.84 Å². The number of rotatable bonds is 11. The minimum Gasteiger partial charge on any atom is -0.389 e. The molecule has 0 fully saturated rings. The number of alkyl halides is 2. The van der Waals surface area contributed by atoms with Crippen LogP contribution in [0.25, 0.3) is 0 Å². The highest BCUT2D eigenvalue weighted by molar-refractivity contribution is 6.28. The summed E-state index contributed by atoms with van der Waals surface area (Å²) >= 11 is 0. The molecule has 1 rings (SSSR count). The third kappa shape index (κ3) is 8.11. The number of nitrogens with zero attached hydrogens (tertiary/aromatic N) is 2. The molecular formula is C21H31F2N5O. The fourth-order valence-electron chi connectivity index (χ4n) is 2.26. The molecule has 0 aliphatic carbocycles. The van der Waals surface area contributed by atoms with Gasteiger partial charge in [-0.1, -0.05) is 37.2 Å². The summed E-state index contributed by atoms with van der Waals surface area (Å²) in [4.78, 5) is 9.09. The minimum atomic E-state index is -2.95. The average Bonchev–Trinajstić information content (AvgIpc) is 2.63. The average molecular weight is 408 g/mol. The monoisotopic (exact) mass is 407 g/mol. The van der Waals surface area contributed by atoms with Gasteiger partial charge in [0.2, 0.25) is 0 Å². The third-order valence-electron chi connectivity index (χ3n) is 4.22. The summed E-state index contributed by atoms with van der Waals surface area (Å²) in [5, 5.41) is 15.0. The summed E-state index contributed by atoms with van der Waals surface area (Å²) in [6.07, 6.45) is 8.62. The van der Waals surface area contributed by atoms with Gasteiger partial charge in [0.1, 0.15) is 0 Å². The fourth-order valence-corrected chi connectivity index (χ4v) is 2.26. The molecule has 0 bridgehead atoms. The molecular weight excluding hydrogens is 376 g/mol. The first-order valence-electron chi connectivity index (χ1n) is 9.47. The molecule has 1 aliphatic rings. The molecule has 1 aliphatic heterocycles. The SMILES string of the molecule is C=C(C)/C=C(\C=N/OCC(F)(F)C(C)C)C(C)N/C=C1\C(=N)C=CN=C1CCN. The van der Waals surface area contributed by atoms with Gasteiger partial charge < -0.3 is 21.3 Å². The van der Waals surface area contributed by atoms with Crippen molar-refractivity contribution >= 4 is 17.6 Å². The zero-order valence-electron chi connectivity index (χ0n) is 17.5. The van der Waals surface area contributed by atoms with Crippen LogP contribution in [0.1, 0.15) is 34.1 Å². The number of allylic oxidation sites excluding steroid dienone is 4. The normalized spacial score (nSPS) is 17.8.